The smallest absolute Gasteiger partial charge is 0.412 e. The molecule has 0 heterocycles. The van der Waals surface area contributed by atoms with Crippen LogP contribution in [0.2, 0.25) is 0 Å². The molecule has 4 nitrogen and oxygen atoms in total. The number of carbonyl (C=O) groups is 1. The molecule has 1 aliphatic carbocycles. The number of hydrogen-bond donors (Lipinski definition) is 2. The third-order valence-corrected chi connectivity index (χ3v) is 3.62. The summed E-state index contributed by atoms with van der Waals surface area (Å²) in [5.41, 5.74) is 7.55. The summed E-state index contributed by atoms with van der Waals surface area (Å²) in [5, 5.41) is 2.74. The van der Waals surface area contributed by atoms with E-state index < -0.39 is 11.7 Å². The van der Waals surface area contributed by atoms with Gasteiger partial charge in [-0.05, 0) is 69.7 Å². The Morgan fingerprint density at radius 1 is 1.30 bits per heavy atom. The lowest BCUT2D eigenvalue weighted by Crippen LogP contribution is -2.27. The van der Waals surface area contributed by atoms with Crippen molar-refractivity contribution in [3.05, 3.63) is 29.8 Å². The van der Waals surface area contributed by atoms with E-state index in [0.29, 0.717) is 5.41 Å². The predicted octanol–water partition coefficient (Wildman–Crippen LogP) is 3.41. The summed E-state index contributed by atoms with van der Waals surface area (Å²) in [4.78, 5) is 11.7. The molecule has 0 saturated heterocycles. The van der Waals surface area contributed by atoms with Crippen molar-refractivity contribution in [1.29, 1.82) is 0 Å². The summed E-state index contributed by atoms with van der Waals surface area (Å²) in [7, 11) is 0. The highest BCUT2D eigenvalue weighted by Gasteiger charge is 2.42. The van der Waals surface area contributed by atoms with Crippen molar-refractivity contribution in [2.75, 3.05) is 11.9 Å². The van der Waals surface area contributed by atoms with Crippen molar-refractivity contribution in [2.45, 2.75) is 51.0 Å². The molecule has 1 saturated carbocycles. The van der Waals surface area contributed by atoms with E-state index in [4.69, 9.17) is 10.5 Å². The Bertz CT molecular complexity index is 470. The third-order valence-electron chi connectivity index (χ3n) is 3.62. The molecular formula is C16H24N2O2. The van der Waals surface area contributed by atoms with Gasteiger partial charge in [-0.1, -0.05) is 12.1 Å². The molecular weight excluding hydrogens is 252 g/mol. The quantitative estimate of drug-likeness (QED) is 0.885. The Labute approximate surface area is 120 Å². The maximum atomic E-state index is 11.7. The average molecular weight is 276 g/mol. The van der Waals surface area contributed by atoms with E-state index in [2.05, 4.69) is 17.4 Å². The summed E-state index contributed by atoms with van der Waals surface area (Å²) < 4.78 is 5.22. The summed E-state index contributed by atoms with van der Waals surface area (Å²) in [6.45, 7) is 6.26. The summed E-state index contributed by atoms with van der Waals surface area (Å²) in [5.74, 6) is 0. The van der Waals surface area contributed by atoms with Crippen LogP contribution >= 0.6 is 0 Å². The average Bonchev–Trinajstić information content (AvgIpc) is 3.09. The number of amides is 1. The molecule has 0 aromatic heterocycles. The first-order valence-electron chi connectivity index (χ1n) is 7.15. The van der Waals surface area contributed by atoms with Gasteiger partial charge in [0, 0.05) is 5.69 Å². The van der Waals surface area contributed by atoms with Crippen molar-refractivity contribution in [3.63, 3.8) is 0 Å². The standard InChI is InChI=1S/C16H24N2O2/c1-15(2,3)20-14(19)18-13-6-4-12(5-7-13)16(8-9-16)10-11-17/h4-7H,8-11,17H2,1-3H3,(H,18,19). The number of anilines is 1. The SMILES string of the molecule is CC(C)(C)OC(=O)Nc1ccc(C2(CCN)CC2)cc1. The Hall–Kier alpha value is -1.55. The molecule has 20 heavy (non-hydrogen) atoms. The maximum Gasteiger partial charge on any atom is 0.412 e. The molecule has 2 rings (SSSR count). The largest absolute Gasteiger partial charge is 0.444 e. The van der Waals surface area contributed by atoms with E-state index in [1.54, 1.807) is 0 Å². The fraction of sp³-hybridized carbons (Fsp3) is 0.562. The minimum atomic E-state index is -0.483. The second-order valence-corrected chi connectivity index (χ2v) is 6.52. The third kappa shape index (κ3) is 3.73. The number of benzene rings is 1. The highest BCUT2D eigenvalue weighted by Crippen LogP contribution is 2.50. The normalized spacial score (nSPS) is 16.6. The van der Waals surface area contributed by atoms with Crippen molar-refractivity contribution < 1.29 is 9.53 Å². The first-order chi connectivity index (χ1) is 9.35. The molecule has 0 radical (unpaired) electrons. The van der Waals surface area contributed by atoms with Gasteiger partial charge in [-0.3, -0.25) is 5.32 Å². The molecule has 1 aliphatic rings. The van der Waals surface area contributed by atoms with Gasteiger partial charge < -0.3 is 10.5 Å². The number of carbonyl (C=O) groups excluding carboxylic acids is 1. The van der Waals surface area contributed by atoms with Crippen molar-refractivity contribution in [3.8, 4) is 0 Å². The molecule has 1 aromatic carbocycles. The Morgan fingerprint density at radius 3 is 2.35 bits per heavy atom. The van der Waals surface area contributed by atoms with Gasteiger partial charge in [0.15, 0.2) is 0 Å². The van der Waals surface area contributed by atoms with Gasteiger partial charge in [0.1, 0.15) is 5.60 Å². The van der Waals surface area contributed by atoms with Crippen LogP contribution in [-0.2, 0) is 10.2 Å². The lowest BCUT2D eigenvalue weighted by molar-refractivity contribution is 0.0636. The minimum Gasteiger partial charge on any atom is -0.444 e. The van der Waals surface area contributed by atoms with Gasteiger partial charge in [-0.15, -0.1) is 0 Å². The molecule has 1 amide bonds. The Morgan fingerprint density at radius 2 is 1.90 bits per heavy atom. The van der Waals surface area contributed by atoms with Crippen molar-refractivity contribution in [1.82, 2.24) is 0 Å². The Kier molecular flexibility index (Phi) is 4.04. The number of nitrogens with one attached hydrogen (secondary N) is 1. The van der Waals surface area contributed by atoms with Crippen molar-refractivity contribution in [2.24, 2.45) is 5.73 Å². The topological polar surface area (TPSA) is 64.3 Å². The van der Waals surface area contributed by atoms with Crippen LogP contribution in [0.3, 0.4) is 0 Å². The zero-order chi connectivity index (χ0) is 14.8. The second-order valence-electron chi connectivity index (χ2n) is 6.52. The zero-order valence-electron chi connectivity index (χ0n) is 12.5. The molecule has 4 heteroatoms. The lowest BCUT2D eigenvalue weighted by atomic mass is 9.92. The van der Waals surface area contributed by atoms with Gasteiger partial charge in [0.25, 0.3) is 0 Å². The van der Waals surface area contributed by atoms with Gasteiger partial charge in [0.05, 0.1) is 0 Å². The van der Waals surface area contributed by atoms with E-state index in [1.807, 2.05) is 32.9 Å². The first-order valence-corrected chi connectivity index (χ1v) is 7.15. The fourth-order valence-electron chi connectivity index (χ4n) is 2.44. The number of ether oxygens (including phenoxy) is 1. The molecule has 0 spiro atoms. The summed E-state index contributed by atoms with van der Waals surface area (Å²) in [6, 6.07) is 8.01. The van der Waals surface area contributed by atoms with Crippen LogP contribution in [-0.4, -0.2) is 18.2 Å². The molecule has 0 bridgehead atoms. The summed E-state index contributed by atoms with van der Waals surface area (Å²) in [6.07, 6.45) is 3.03. The van der Waals surface area contributed by atoms with Gasteiger partial charge >= 0.3 is 6.09 Å². The highest BCUT2D eigenvalue weighted by atomic mass is 16.6. The van der Waals surface area contributed by atoms with Crippen molar-refractivity contribution >= 4 is 11.8 Å². The van der Waals surface area contributed by atoms with E-state index in [-0.39, 0.29) is 0 Å². The molecule has 1 fully saturated rings. The highest BCUT2D eigenvalue weighted by molar-refractivity contribution is 5.84. The fourth-order valence-corrected chi connectivity index (χ4v) is 2.44. The van der Waals surface area contributed by atoms with Crippen LogP contribution < -0.4 is 11.1 Å². The van der Waals surface area contributed by atoms with Gasteiger partial charge in [-0.25, -0.2) is 4.79 Å². The van der Waals surface area contributed by atoms with E-state index >= 15 is 0 Å². The number of hydrogen-bond acceptors (Lipinski definition) is 3. The first kappa shape index (κ1) is 14.9. The minimum absolute atomic E-state index is 0.291. The van der Waals surface area contributed by atoms with Crippen LogP contribution in [0.1, 0.15) is 45.6 Å². The van der Waals surface area contributed by atoms with Crippen LogP contribution in [0.4, 0.5) is 10.5 Å². The predicted molar refractivity (Wildman–Crippen MR) is 80.9 cm³/mol. The van der Waals surface area contributed by atoms with Crippen LogP contribution in [0.15, 0.2) is 24.3 Å². The van der Waals surface area contributed by atoms with Gasteiger partial charge in [0.2, 0.25) is 0 Å². The molecule has 0 unspecified atom stereocenters. The van der Waals surface area contributed by atoms with Gasteiger partial charge in [-0.2, -0.15) is 0 Å². The maximum absolute atomic E-state index is 11.7. The molecule has 3 N–H and O–H groups in total. The molecule has 0 atom stereocenters. The van der Waals surface area contributed by atoms with E-state index in [1.165, 1.54) is 18.4 Å². The zero-order valence-corrected chi connectivity index (χ0v) is 12.5. The van der Waals surface area contributed by atoms with Crippen LogP contribution in [0, 0.1) is 0 Å². The lowest BCUT2D eigenvalue weighted by Gasteiger charge is -2.20. The Balaban J connectivity index is 1.97. The van der Waals surface area contributed by atoms with E-state index in [9.17, 15) is 4.79 Å². The molecule has 1 aromatic rings. The number of rotatable bonds is 4. The summed E-state index contributed by atoms with van der Waals surface area (Å²) >= 11 is 0. The van der Waals surface area contributed by atoms with E-state index in [0.717, 1.165) is 18.7 Å². The number of nitrogens with two attached hydrogens (primary N) is 1. The van der Waals surface area contributed by atoms with Crippen LogP contribution in [0.25, 0.3) is 0 Å². The monoisotopic (exact) mass is 276 g/mol. The molecule has 110 valence electrons. The second kappa shape index (κ2) is 5.44. The molecule has 0 aliphatic heterocycles. The van der Waals surface area contributed by atoms with Crippen LogP contribution in [0.5, 0.6) is 0 Å².